The number of urea groups is 1. The van der Waals surface area contributed by atoms with E-state index in [0.29, 0.717) is 12.6 Å². The van der Waals surface area contributed by atoms with Crippen LogP contribution in [0, 0.1) is 5.92 Å². The van der Waals surface area contributed by atoms with Crippen LogP contribution in [0.3, 0.4) is 0 Å². The smallest absolute Gasteiger partial charge is 0.325 e. The van der Waals surface area contributed by atoms with Gasteiger partial charge in [-0.15, -0.1) is 0 Å². The fourth-order valence-electron chi connectivity index (χ4n) is 7.47. The van der Waals surface area contributed by atoms with Crippen molar-refractivity contribution in [3.8, 4) is 11.1 Å². The number of hydrogen-bond donors (Lipinski definition) is 3. The van der Waals surface area contributed by atoms with Crippen molar-refractivity contribution in [2.75, 3.05) is 45.9 Å². The molecule has 3 saturated heterocycles. The maximum absolute atomic E-state index is 12.2. The number of aliphatic hydroxyl groups excluding tert-OH is 1. The van der Waals surface area contributed by atoms with Gasteiger partial charge >= 0.3 is 12.0 Å². The third-order valence-electron chi connectivity index (χ3n) is 10.3. The zero-order chi connectivity index (χ0) is 34.9. The van der Waals surface area contributed by atoms with E-state index in [1.807, 2.05) is 36.4 Å². The number of nitrogens with one attached hydrogen (secondary N) is 2. The van der Waals surface area contributed by atoms with E-state index in [0.717, 1.165) is 53.0 Å². The number of rotatable bonds is 13. The van der Waals surface area contributed by atoms with Crippen LogP contribution in [0.25, 0.3) is 11.1 Å². The van der Waals surface area contributed by atoms with Crippen molar-refractivity contribution >= 4 is 12.0 Å². The Bertz CT molecular complexity index is 1540. The van der Waals surface area contributed by atoms with Gasteiger partial charge in [-0.05, 0) is 86.1 Å². The van der Waals surface area contributed by atoms with Gasteiger partial charge in [0.1, 0.15) is 6.54 Å². The van der Waals surface area contributed by atoms with Crippen molar-refractivity contribution in [1.82, 2.24) is 20.4 Å². The predicted molar refractivity (Wildman–Crippen MR) is 192 cm³/mol. The Kier molecular flexibility index (Phi) is 12.5. The van der Waals surface area contributed by atoms with Gasteiger partial charge in [0.2, 0.25) is 0 Å². The Morgan fingerprint density at radius 2 is 1.62 bits per heavy atom. The molecule has 3 aliphatic heterocycles. The summed E-state index contributed by atoms with van der Waals surface area (Å²) in [6, 6.07) is 24.6. The minimum absolute atomic E-state index is 0.00574. The van der Waals surface area contributed by atoms with Crippen LogP contribution in [0.1, 0.15) is 74.2 Å². The highest BCUT2D eigenvalue weighted by Gasteiger charge is 2.40. The number of hydrogen-bond acceptors (Lipinski definition) is 8. The number of ether oxygens (including phenoxy) is 3. The monoisotopic (exact) mass is 684 g/mol. The molecule has 50 heavy (non-hydrogen) atoms. The molecule has 2 amide bonds. The van der Waals surface area contributed by atoms with Gasteiger partial charge < -0.3 is 34.9 Å². The number of benzene rings is 3. The summed E-state index contributed by atoms with van der Waals surface area (Å²) in [7, 11) is 0. The summed E-state index contributed by atoms with van der Waals surface area (Å²) in [5.74, 6) is -0.329. The van der Waals surface area contributed by atoms with Gasteiger partial charge in [0.05, 0.1) is 25.4 Å². The van der Waals surface area contributed by atoms with Gasteiger partial charge in [0.25, 0.3) is 0 Å². The SMILES string of the molecule is CCOC(=O)CNC(=O)NCc1cccc(-c2ccc(C3OC(CN4CCCC4CN4CCCC4)C(C)C(c4ccc(CO)cc4)O3)cc2)c1. The number of amides is 2. The zero-order valence-electron chi connectivity index (χ0n) is 29.4. The molecule has 0 spiro atoms. The summed E-state index contributed by atoms with van der Waals surface area (Å²) in [5, 5.41) is 15.0. The van der Waals surface area contributed by atoms with E-state index in [1.54, 1.807) is 6.92 Å². The molecule has 3 heterocycles. The molecule has 10 heteroatoms. The standard InChI is InChI=1S/C40H52N4O6/c1-3-48-37(46)24-42-40(47)41-23-30-8-6-9-34(22-30)31-15-17-33(18-16-31)39-49-36(26-44-21-7-10-35(44)25-43-19-4-5-20-43)28(2)38(50-39)32-13-11-29(27-45)12-14-32/h6,8-9,11-18,22,28,35-36,38-39,45H,3-5,7,10,19-21,23-27H2,1-2H3,(H2,41,42,47). The molecule has 6 rings (SSSR count). The number of likely N-dealkylation sites (tertiary alicyclic amines) is 2. The molecular weight excluding hydrogens is 632 g/mol. The summed E-state index contributed by atoms with van der Waals surface area (Å²) in [6.45, 7) is 9.97. The molecule has 0 bridgehead atoms. The molecule has 3 aliphatic rings. The van der Waals surface area contributed by atoms with E-state index >= 15 is 0 Å². The molecule has 0 saturated carbocycles. The van der Waals surface area contributed by atoms with Crippen LogP contribution in [0.4, 0.5) is 4.79 Å². The molecule has 0 aromatic heterocycles. The first kappa shape index (κ1) is 36.0. The second kappa shape index (κ2) is 17.4. The summed E-state index contributed by atoms with van der Waals surface area (Å²) in [6.07, 6.45) is 4.42. The van der Waals surface area contributed by atoms with Gasteiger partial charge in [0, 0.05) is 37.2 Å². The molecule has 3 N–H and O–H groups in total. The molecule has 3 aromatic carbocycles. The Labute approximate surface area is 296 Å². The Morgan fingerprint density at radius 1 is 0.860 bits per heavy atom. The topological polar surface area (TPSA) is 113 Å². The lowest BCUT2D eigenvalue weighted by atomic mass is 9.89. The number of aliphatic hydroxyl groups is 1. The number of carbonyl (C=O) groups excluding carboxylic acids is 2. The predicted octanol–water partition coefficient (Wildman–Crippen LogP) is 5.56. The number of esters is 1. The quantitative estimate of drug-likeness (QED) is 0.201. The van der Waals surface area contributed by atoms with Crippen molar-refractivity contribution in [2.45, 2.75) is 77.2 Å². The first-order chi connectivity index (χ1) is 24.4. The molecule has 3 fully saturated rings. The van der Waals surface area contributed by atoms with Crippen molar-refractivity contribution in [1.29, 1.82) is 0 Å². The highest BCUT2D eigenvalue weighted by atomic mass is 16.7. The normalized spacial score (nSPS) is 24.3. The van der Waals surface area contributed by atoms with Gasteiger partial charge in [-0.3, -0.25) is 9.69 Å². The van der Waals surface area contributed by atoms with Gasteiger partial charge in [-0.2, -0.15) is 0 Å². The lowest BCUT2D eigenvalue weighted by Gasteiger charge is -2.43. The minimum atomic E-state index is -0.518. The van der Waals surface area contributed by atoms with Crippen LogP contribution < -0.4 is 10.6 Å². The molecule has 0 radical (unpaired) electrons. The first-order valence-electron chi connectivity index (χ1n) is 18.2. The van der Waals surface area contributed by atoms with Crippen LogP contribution in [0.2, 0.25) is 0 Å². The fraction of sp³-hybridized carbons (Fsp3) is 0.500. The lowest BCUT2D eigenvalue weighted by Crippen LogP contribution is -2.48. The summed E-state index contributed by atoms with van der Waals surface area (Å²) >= 11 is 0. The molecular formula is C40H52N4O6. The van der Waals surface area contributed by atoms with Crippen LogP contribution >= 0.6 is 0 Å². The van der Waals surface area contributed by atoms with Crippen LogP contribution in [0.15, 0.2) is 72.8 Å². The highest BCUT2D eigenvalue weighted by Crippen LogP contribution is 2.42. The zero-order valence-corrected chi connectivity index (χ0v) is 29.4. The third-order valence-corrected chi connectivity index (χ3v) is 10.3. The van der Waals surface area contributed by atoms with Crippen molar-refractivity contribution < 1.29 is 28.9 Å². The highest BCUT2D eigenvalue weighted by molar-refractivity contribution is 5.80. The van der Waals surface area contributed by atoms with Crippen molar-refractivity contribution in [3.63, 3.8) is 0 Å². The molecule has 5 atom stereocenters. The average molecular weight is 685 g/mol. The van der Waals surface area contributed by atoms with Gasteiger partial charge in [-0.25, -0.2) is 4.79 Å². The molecule has 10 nitrogen and oxygen atoms in total. The second-order valence-corrected chi connectivity index (χ2v) is 13.8. The van der Waals surface area contributed by atoms with E-state index in [9.17, 15) is 14.7 Å². The number of nitrogens with zero attached hydrogens (tertiary/aromatic N) is 2. The Morgan fingerprint density at radius 3 is 2.36 bits per heavy atom. The van der Waals surface area contributed by atoms with E-state index in [2.05, 4.69) is 63.8 Å². The van der Waals surface area contributed by atoms with Crippen molar-refractivity contribution in [2.24, 2.45) is 5.92 Å². The van der Waals surface area contributed by atoms with E-state index < -0.39 is 18.3 Å². The maximum Gasteiger partial charge on any atom is 0.325 e. The molecule has 268 valence electrons. The van der Waals surface area contributed by atoms with Gasteiger partial charge in [-0.1, -0.05) is 73.7 Å². The Hall–Kier alpha value is -3.80. The van der Waals surface area contributed by atoms with Gasteiger partial charge in [0.15, 0.2) is 6.29 Å². The minimum Gasteiger partial charge on any atom is -0.465 e. The fourth-order valence-corrected chi connectivity index (χ4v) is 7.47. The second-order valence-electron chi connectivity index (χ2n) is 13.8. The van der Waals surface area contributed by atoms with Crippen molar-refractivity contribution in [3.05, 3.63) is 95.1 Å². The average Bonchev–Trinajstić information content (AvgIpc) is 3.83. The van der Waals surface area contributed by atoms with Crippen LogP contribution in [-0.4, -0.2) is 84.9 Å². The lowest BCUT2D eigenvalue weighted by molar-refractivity contribution is -0.276. The molecule has 3 aromatic rings. The summed E-state index contributed by atoms with van der Waals surface area (Å²) in [5.41, 5.74) is 5.96. The largest absolute Gasteiger partial charge is 0.465 e. The Balaban J connectivity index is 1.14. The van der Waals surface area contributed by atoms with Crippen LogP contribution in [-0.2, 0) is 32.2 Å². The summed E-state index contributed by atoms with van der Waals surface area (Å²) < 4.78 is 18.4. The van der Waals surface area contributed by atoms with E-state index in [-0.39, 0.29) is 37.9 Å². The van der Waals surface area contributed by atoms with E-state index in [4.69, 9.17) is 14.2 Å². The first-order valence-corrected chi connectivity index (χ1v) is 18.2. The summed E-state index contributed by atoms with van der Waals surface area (Å²) in [4.78, 5) is 29.0. The maximum atomic E-state index is 12.2. The molecule has 0 aliphatic carbocycles. The van der Waals surface area contributed by atoms with E-state index in [1.165, 1.54) is 38.8 Å². The number of carbonyl (C=O) groups is 2. The molecule has 5 unspecified atom stereocenters. The third kappa shape index (κ3) is 9.30. The van der Waals surface area contributed by atoms with Crippen LogP contribution in [0.5, 0.6) is 0 Å².